The second-order valence-corrected chi connectivity index (χ2v) is 3.85. The molecule has 0 saturated carbocycles. The minimum Gasteiger partial charge on any atom is -0.508 e. The Kier molecular flexibility index (Phi) is 3.42. The standard InChI is InChI=1S/C14H14O3/c15-8-10-1-6-14(12(7-10)9-16)11-2-4-13(17)5-3-11/h1-7,15-17H,8-9H2. The number of hydrogen-bond donors (Lipinski definition) is 3. The molecule has 0 atom stereocenters. The Morgan fingerprint density at radius 3 is 2.12 bits per heavy atom. The Bertz CT molecular complexity index is 503. The second kappa shape index (κ2) is 4.99. The van der Waals surface area contributed by atoms with Crippen LogP contribution in [0.5, 0.6) is 5.75 Å². The highest BCUT2D eigenvalue weighted by atomic mass is 16.3. The maximum atomic E-state index is 9.32. The first-order valence-corrected chi connectivity index (χ1v) is 5.37. The van der Waals surface area contributed by atoms with Gasteiger partial charge in [0, 0.05) is 0 Å². The zero-order chi connectivity index (χ0) is 12.3. The van der Waals surface area contributed by atoms with Gasteiger partial charge in [0.2, 0.25) is 0 Å². The highest BCUT2D eigenvalue weighted by Gasteiger charge is 2.05. The lowest BCUT2D eigenvalue weighted by molar-refractivity contribution is 0.276. The van der Waals surface area contributed by atoms with Crippen molar-refractivity contribution in [2.24, 2.45) is 0 Å². The molecule has 0 radical (unpaired) electrons. The molecule has 3 N–H and O–H groups in total. The van der Waals surface area contributed by atoms with Crippen LogP contribution in [0, 0.1) is 0 Å². The first-order chi connectivity index (χ1) is 8.24. The molecule has 3 nitrogen and oxygen atoms in total. The quantitative estimate of drug-likeness (QED) is 0.756. The van der Waals surface area contributed by atoms with E-state index in [2.05, 4.69) is 0 Å². The highest BCUT2D eigenvalue weighted by molar-refractivity contribution is 5.68. The van der Waals surface area contributed by atoms with Gasteiger partial charge in [-0.1, -0.05) is 30.3 Å². The lowest BCUT2D eigenvalue weighted by Gasteiger charge is -2.09. The molecule has 3 heteroatoms. The van der Waals surface area contributed by atoms with Gasteiger partial charge in [-0.05, 0) is 34.4 Å². The summed E-state index contributed by atoms with van der Waals surface area (Å²) in [6.07, 6.45) is 0. The smallest absolute Gasteiger partial charge is 0.115 e. The van der Waals surface area contributed by atoms with Crippen molar-refractivity contribution in [2.45, 2.75) is 13.2 Å². The molecule has 17 heavy (non-hydrogen) atoms. The molecule has 0 heterocycles. The van der Waals surface area contributed by atoms with Crippen molar-refractivity contribution >= 4 is 0 Å². The average molecular weight is 230 g/mol. The van der Waals surface area contributed by atoms with E-state index in [9.17, 15) is 10.2 Å². The van der Waals surface area contributed by atoms with Crippen molar-refractivity contribution in [2.75, 3.05) is 0 Å². The molecule has 88 valence electrons. The number of benzene rings is 2. The summed E-state index contributed by atoms with van der Waals surface area (Å²) in [5.74, 6) is 0.214. The zero-order valence-corrected chi connectivity index (χ0v) is 9.30. The fourth-order valence-corrected chi connectivity index (χ4v) is 1.80. The van der Waals surface area contributed by atoms with Crippen molar-refractivity contribution in [1.29, 1.82) is 0 Å². The maximum absolute atomic E-state index is 9.32. The molecule has 0 aliphatic rings. The van der Waals surface area contributed by atoms with Crippen molar-refractivity contribution in [3.05, 3.63) is 53.6 Å². The maximum Gasteiger partial charge on any atom is 0.115 e. The van der Waals surface area contributed by atoms with E-state index in [4.69, 9.17) is 5.11 Å². The number of phenols is 1. The van der Waals surface area contributed by atoms with Gasteiger partial charge in [0.25, 0.3) is 0 Å². The van der Waals surface area contributed by atoms with E-state index in [-0.39, 0.29) is 19.0 Å². The SMILES string of the molecule is OCc1ccc(-c2ccc(O)cc2)c(CO)c1. The van der Waals surface area contributed by atoms with Crippen LogP contribution in [0.1, 0.15) is 11.1 Å². The van der Waals surface area contributed by atoms with Gasteiger partial charge in [0.15, 0.2) is 0 Å². The van der Waals surface area contributed by atoms with Crippen LogP contribution >= 0.6 is 0 Å². The fourth-order valence-electron chi connectivity index (χ4n) is 1.80. The van der Waals surface area contributed by atoms with Gasteiger partial charge in [0.1, 0.15) is 5.75 Å². The van der Waals surface area contributed by atoms with Crippen LogP contribution in [0.25, 0.3) is 11.1 Å². The first-order valence-electron chi connectivity index (χ1n) is 5.37. The van der Waals surface area contributed by atoms with Gasteiger partial charge in [-0.25, -0.2) is 0 Å². The predicted molar refractivity (Wildman–Crippen MR) is 65.4 cm³/mol. The molecular weight excluding hydrogens is 216 g/mol. The molecule has 0 aliphatic heterocycles. The van der Waals surface area contributed by atoms with Crippen molar-refractivity contribution in [1.82, 2.24) is 0 Å². The second-order valence-electron chi connectivity index (χ2n) is 3.85. The van der Waals surface area contributed by atoms with Gasteiger partial charge < -0.3 is 15.3 Å². The monoisotopic (exact) mass is 230 g/mol. The van der Waals surface area contributed by atoms with Crippen LogP contribution in [-0.4, -0.2) is 15.3 Å². The summed E-state index contributed by atoms with van der Waals surface area (Å²) in [7, 11) is 0. The van der Waals surface area contributed by atoms with Gasteiger partial charge in [0.05, 0.1) is 13.2 Å². The summed E-state index contributed by atoms with van der Waals surface area (Å²) < 4.78 is 0. The Morgan fingerprint density at radius 1 is 0.824 bits per heavy atom. The van der Waals surface area contributed by atoms with Gasteiger partial charge in [-0.3, -0.25) is 0 Å². The molecule has 0 aromatic heterocycles. The van der Waals surface area contributed by atoms with Crippen molar-refractivity contribution in [3.8, 4) is 16.9 Å². The van der Waals surface area contributed by atoms with Crippen LogP contribution in [0.4, 0.5) is 0 Å². The summed E-state index contributed by atoms with van der Waals surface area (Å²) >= 11 is 0. The lowest BCUT2D eigenvalue weighted by atomic mass is 9.98. The normalized spacial score (nSPS) is 10.5. The summed E-state index contributed by atoms with van der Waals surface area (Å²) in [6.45, 7) is -0.118. The third-order valence-corrected chi connectivity index (χ3v) is 2.70. The first kappa shape index (κ1) is 11.6. The molecule has 2 rings (SSSR count). The molecule has 2 aromatic rings. The number of aliphatic hydroxyl groups is 2. The summed E-state index contributed by atoms with van der Waals surface area (Å²) in [5.41, 5.74) is 3.37. The Balaban J connectivity index is 2.47. The van der Waals surface area contributed by atoms with Gasteiger partial charge in [-0.15, -0.1) is 0 Å². The Hall–Kier alpha value is -1.84. The van der Waals surface area contributed by atoms with Crippen LogP contribution < -0.4 is 0 Å². The topological polar surface area (TPSA) is 60.7 Å². The molecular formula is C14H14O3. The number of phenolic OH excluding ortho intramolecular Hbond substituents is 1. The molecule has 0 spiro atoms. The zero-order valence-electron chi connectivity index (χ0n) is 9.30. The number of aliphatic hydroxyl groups excluding tert-OH is 2. The summed E-state index contributed by atoms with van der Waals surface area (Å²) in [5, 5.41) is 27.6. The minimum absolute atomic E-state index is 0.0388. The Labute approximate surface area is 99.6 Å². The fraction of sp³-hybridized carbons (Fsp3) is 0.143. The van der Waals surface area contributed by atoms with E-state index >= 15 is 0 Å². The number of hydrogen-bond acceptors (Lipinski definition) is 3. The van der Waals surface area contributed by atoms with Gasteiger partial charge >= 0.3 is 0 Å². The van der Waals surface area contributed by atoms with E-state index in [1.807, 2.05) is 12.1 Å². The Morgan fingerprint density at radius 2 is 1.53 bits per heavy atom. The largest absolute Gasteiger partial charge is 0.508 e. The highest BCUT2D eigenvalue weighted by Crippen LogP contribution is 2.26. The predicted octanol–water partition coefficient (Wildman–Crippen LogP) is 2.04. The molecule has 0 bridgehead atoms. The van der Waals surface area contributed by atoms with E-state index in [1.54, 1.807) is 30.3 Å². The lowest BCUT2D eigenvalue weighted by Crippen LogP contribution is -1.92. The van der Waals surface area contributed by atoms with E-state index < -0.39 is 0 Å². The summed E-state index contributed by atoms with van der Waals surface area (Å²) in [4.78, 5) is 0. The minimum atomic E-state index is -0.0793. The van der Waals surface area contributed by atoms with Crippen LogP contribution in [0.15, 0.2) is 42.5 Å². The van der Waals surface area contributed by atoms with Crippen LogP contribution in [0.2, 0.25) is 0 Å². The van der Waals surface area contributed by atoms with E-state index in [0.717, 1.165) is 22.3 Å². The van der Waals surface area contributed by atoms with Crippen LogP contribution in [0.3, 0.4) is 0 Å². The molecule has 0 saturated heterocycles. The summed E-state index contributed by atoms with van der Waals surface area (Å²) in [6, 6.07) is 12.3. The number of aromatic hydroxyl groups is 1. The molecule has 2 aromatic carbocycles. The van der Waals surface area contributed by atoms with Crippen molar-refractivity contribution < 1.29 is 15.3 Å². The van der Waals surface area contributed by atoms with Gasteiger partial charge in [-0.2, -0.15) is 0 Å². The van der Waals surface area contributed by atoms with Crippen molar-refractivity contribution in [3.63, 3.8) is 0 Å². The third-order valence-electron chi connectivity index (χ3n) is 2.70. The average Bonchev–Trinajstić information content (AvgIpc) is 2.39. The molecule has 0 fully saturated rings. The van der Waals surface area contributed by atoms with Crippen LogP contribution in [-0.2, 0) is 13.2 Å². The molecule has 0 unspecified atom stereocenters. The third kappa shape index (κ3) is 2.46. The molecule has 0 amide bonds. The number of rotatable bonds is 3. The van der Waals surface area contributed by atoms with E-state index in [1.165, 1.54) is 0 Å². The van der Waals surface area contributed by atoms with E-state index in [0.29, 0.717) is 0 Å². The molecule has 0 aliphatic carbocycles.